The van der Waals surface area contributed by atoms with E-state index in [1.165, 1.54) is 18.2 Å². The van der Waals surface area contributed by atoms with E-state index in [-0.39, 0.29) is 12.2 Å². The molecule has 7 atom stereocenters. The van der Waals surface area contributed by atoms with Crippen LogP contribution < -0.4 is 0 Å². The monoisotopic (exact) mass is 412 g/mol. The largest absolute Gasteiger partial charge is 0.508 e. The van der Waals surface area contributed by atoms with Gasteiger partial charge in [-0.3, -0.25) is 0 Å². The van der Waals surface area contributed by atoms with Crippen molar-refractivity contribution in [1.29, 1.82) is 0 Å². The molecule has 0 aliphatic carbocycles. The van der Waals surface area contributed by atoms with E-state index in [1.54, 1.807) is 32.1 Å². The Labute approximate surface area is 168 Å². The lowest BCUT2D eigenvalue weighted by atomic mass is 9.99. The van der Waals surface area contributed by atoms with Crippen molar-refractivity contribution in [1.82, 2.24) is 0 Å². The minimum absolute atomic E-state index is 0.131. The van der Waals surface area contributed by atoms with Gasteiger partial charge in [-0.15, -0.1) is 0 Å². The van der Waals surface area contributed by atoms with E-state index >= 15 is 0 Å². The number of benzene rings is 1. The maximum Gasteiger partial charge on any atom is 0.331 e. The standard InChI is InChI=1S/C20H28O9/c1-11(27-16(23)8-5-13-3-6-14(22)7-4-13)9-12(2)28-20-19(26)18(25)17(24)15(10-21)29-20/h3-8,11-12,15,17-22,24-26H,9-10H2,1-2H3/b8-5+/t11-,12-,15-,17-,18+,19-,20-/m1/s1. The van der Waals surface area contributed by atoms with E-state index in [1.807, 2.05) is 0 Å². The topological polar surface area (TPSA) is 146 Å². The Morgan fingerprint density at radius 1 is 1.10 bits per heavy atom. The third kappa shape index (κ3) is 6.77. The van der Waals surface area contributed by atoms with Crippen molar-refractivity contribution >= 4 is 12.0 Å². The summed E-state index contributed by atoms with van der Waals surface area (Å²) in [6, 6.07) is 6.31. The zero-order valence-corrected chi connectivity index (χ0v) is 16.3. The molecule has 162 valence electrons. The first-order chi connectivity index (χ1) is 13.7. The highest BCUT2D eigenvalue weighted by atomic mass is 16.7. The number of aliphatic hydroxyl groups excluding tert-OH is 4. The molecule has 0 radical (unpaired) electrons. The maximum absolute atomic E-state index is 11.9. The number of rotatable bonds is 8. The molecule has 1 aromatic carbocycles. The predicted molar refractivity (Wildman–Crippen MR) is 102 cm³/mol. The van der Waals surface area contributed by atoms with Crippen LogP contribution in [0.25, 0.3) is 6.08 Å². The molecule has 1 saturated heterocycles. The molecule has 1 aliphatic heterocycles. The summed E-state index contributed by atoms with van der Waals surface area (Å²) in [5, 5.41) is 48.0. The number of carbonyl (C=O) groups excluding carboxylic acids is 1. The smallest absolute Gasteiger partial charge is 0.331 e. The molecule has 0 bridgehead atoms. The van der Waals surface area contributed by atoms with Crippen LogP contribution in [-0.4, -0.2) is 81.0 Å². The Kier molecular flexibility index (Phi) is 8.57. The van der Waals surface area contributed by atoms with Crippen LogP contribution in [0, 0.1) is 0 Å². The van der Waals surface area contributed by atoms with Gasteiger partial charge in [-0.2, -0.15) is 0 Å². The number of ether oxygens (including phenoxy) is 3. The quantitative estimate of drug-likeness (QED) is 0.292. The van der Waals surface area contributed by atoms with Gasteiger partial charge in [0, 0.05) is 12.5 Å². The fraction of sp³-hybridized carbons (Fsp3) is 0.550. The van der Waals surface area contributed by atoms with Crippen molar-refractivity contribution in [3.8, 4) is 5.75 Å². The molecule has 9 heteroatoms. The summed E-state index contributed by atoms with van der Waals surface area (Å²) >= 11 is 0. The molecule has 0 saturated carbocycles. The lowest BCUT2D eigenvalue weighted by Gasteiger charge is -2.40. The summed E-state index contributed by atoms with van der Waals surface area (Å²) in [6.45, 7) is 2.82. The van der Waals surface area contributed by atoms with Crippen molar-refractivity contribution in [2.24, 2.45) is 0 Å². The molecule has 1 fully saturated rings. The highest BCUT2D eigenvalue weighted by Crippen LogP contribution is 2.24. The Hall–Kier alpha value is -2.01. The molecule has 0 aromatic heterocycles. The summed E-state index contributed by atoms with van der Waals surface area (Å²) in [4.78, 5) is 11.9. The van der Waals surface area contributed by atoms with Gasteiger partial charge in [0.05, 0.1) is 12.7 Å². The highest BCUT2D eigenvalue weighted by molar-refractivity contribution is 5.87. The van der Waals surface area contributed by atoms with Crippen molar-refractivity contribution < 1.29 is 44.5 Å². The number of phenolic OH excluding ortho intramolecular Hbond substituents is 1. The normalized spacial score (nSPS) is 29.5. The fourth-order valence-corrected chi connectivity index (χ4v) is 2.97. The second-order valence-corrected chi connectivity index (χ2v) is 7.05. The van der Waals surface area contributed by atoms with E-state index in [0.717, 1.165) is 5.56 Å². The van der Waals surface area contributed by atoms with E-state index < -0.39 is 55.5 Å². The summed E-state index contributed by atoms with van der Waals surface area (Å²) in [6.07, 6.45) is -4.65. The number of hydrogen-bond acceptors (Lipinski definition) is 9. The number of aromatic hydroxyl groups is 1. The van der Waals surface area contributed by atoms with Crippen LogP contribution in [0.3, 0.4) is 0 Å². The Balaban J connectivity index is 1.81. The Bertz CT molecular complexity index is 673. The van der Waals surface area contributed by atoms with E-state index in [0.29, 0.717) is 0 Å². The molecule has 0 unspecified atom stereocenters. The maximum atomic E-state index is 11.9. The molecule has 1 aromatic rings. The van der Waals surface area contributed by atoms with Gasteiger partial charge < -0.3 is 39.7 Å². The average molecular weight is 412 g/mol. The molecule has 1 heterocycles. The first kappa shape index (κ1) is 23.3. The average Bonchev–Trinajstić information content (AvgIpc) is 2.67. The van der Waals surface area contributed by atoms with Gasteiger partial charge in [-0.1, -0.05) is 12.1 Å². The van der Waals surface area contributed by atoms with Crippen LogP contribution >= 0.6 is 0 Å². The Morgan fingerprint density at radius 2 is 1.76 bits per heavy atom. The van der Waals surface area contributed by atoms with Crippen molar-refractivity contribution in [3.63, 3.8) is 0 Å². The van der Waals surface area contributed by atoms with Gasteiger partial charge in [0.2, 0.25) is 0 Å². The fourth-order valence-electron chi connectivity index (χ4n) is 2.97. The van der Waals surface area contributed by atoms with Gasteiger partial charge in [-0.05, 0) is 37.6 Å². The van der Waals surface area contributed by atoms with Gasteiger partial charge in [0.1, 0.15) is 36.3 Å². The van der Waals surface area contributed by atoms with Crippen LogP contribution in [0.2, 0.25) is 0 Å². The minimum atomic E-state index is -1.52. The van der Waals surface area contributed by atoms with Crippen LogP contribution in [0.1, 0.15) is 25.8 Å². The number of phenols is 1. The summed E-state index contributed by atoms with van der Waals surface area (Å²) in [5.74, 6) is -0.419. The van der Waals surface area contributed by atoms with Gasteiger partial charge in [0.15, 0.2) is 6.29 Å². The predicted octanol–water partition coefficient (Wildman–Crippen LogP) is -0.0678. The Morgan fingerprint density at radius 3 is 2.38 bits per heavy atom. The molecule has 9 nitrogen and oxygen atoms in total. The van der Waals surface area contributed by atoms with Crippen LogP contribution in [0.4, 0.5) is 0 Å². The lowest BCUT2D eigenvalue weighted by Crippen LogP contribution is -2.59. The minimum Gasteiger partial charge on any atom is -0.508 e. The molecular weight excluding hydrogens is 384 g/mol. The second kappa shape index (κ2) is 10.7. The van der Waals surface area contributed by atoms with Crippen LogP contribution in [-0.2, 0) is 19.0 Å². The number of hydrogen-bond donors (Lipinski definition) is 5. The molecule has 5 N–H and O–H groups in total. The first-order valence-corrected chi connectivity index (χ1v) is 9.35. The summed E-state index contributed by atoms with van der Waals surface area (Å²) < 4.78 is 16.1. The van der Waals surface area contributed by atoms with Crippen molar-refractivity contribution in [3.05, 3.63) is 35.9 Å². The van der Waals surface area contributed by atoms with E-state index in [4.69, 9.17) is 14.2 Å². The highest BCUT2D eigenvalue weighted by Gasteiger charge is 2.44. The van der Waals surface area contributed by atoms with E-state index in [2.05, 4.69) is 0 Å². The van der Waals surface area contributed by atoms with Crippen LogP contribution in [0.15, 0.2) is 30.3 Å². The number of esters is 1. The zero-order valence-electron chi connectivity index (χ0n) is 16.3. The molecule has 0 spiro atoms. The van der Waals surface area contributed by atoms with E-state index in [9.17, 15) is 30.3 Å². The summed E-state index contributed by atoms with van der Waals surface area (Å²) in [7, 11) is 0. The number of carbonyl (C=O) groups is 1. The molecule has 0 amide bonds. The van der Waals surface area contributed by atoms with Crippen molar-refractivity contribution in [2.45, 2.75) is 63.2 Å². The summed E-state index contributed by atoms with van der Waals surface area (Å²) in [5.41, 5.74) is 0.728. The molecule has 1 aliphatic rings. The number of aliphatic hydroxyl groups is 4. The van der Waals surface area contributed by atoms with Gasteiger partial charge in [-0.25, -0.2) is 4.79 Å². The lowest BCUT2D eigenvalue weighted by molar-refractivity contribution is -0.311. The molecule has 2 rings (SSSR count). The van der Waals surface area contributed by atoms with Gasteiger partial charge in [0.25, 0.3) is 0 Å². The third-order valence-corrected chi connectivity index (χ3v) is 4.50. The molecular formula is C20H28O9. The first-order valence-electron chi connectivity index (χ1n) is 9.35. The molecule has 29 heavy (non-hydrogen) atoms. The zero-order chi connectivity index (χ0) is 21.6. The van der Waals surface area contributed by atoms with Crippen LogP contribution in [0.5, 0.6) is 5.75 Å². The van der Waals surface area contributed by atoms with Crippen molar-refractivity contribution in [2.75, 3.05) is 6.61 Å². The SMILES string of the molecule is C[C@H](C[C@@H](C)O[C@@H]1O[C@H](CO)[C@@H](O)[C@H](O)[C@H]1O)OC(=O)/C=C/c1ccc(O)cc1. The third-order valence-electron chi connectivity index (χ3n) is 4.50. The second-order valence-electron chi connectivity index (χ2n) is 7.05. The van der Waals surface area contributed by atoms with Gasteiger partial charge >= 0.3 is 5.97 Å².